The van der Waals surface area contributed by atoms with E-state index in [1.165, 1.54) is 6.07 Å². The maximum absolute atomic E-state index is 13.5. The van der Waals surface area contributed by atoms with Gasteiger partial charge in [0.15, 0.2) is 0 Å². The van der Waals surface area contributed by atoms with Crippen LogP contribution in [-0.2, 0) is 22.4 Å². The second-order valence-corrected chi connectivity index (χ2v) is 6.15. The minimum atomic E-state index is -0.332. The minimum Gasteiger partial charge on any atom is -0.497 e. The van der Waals surface area contributed by atoms with Crippen LogP contribution in [0.2, 0.25) is 0 Å². The fourth-order valence-corrected chi connectivity index (χ4v) is 2.69. The molecule has 0 atom stereocenters. The van der Waals surface area contributed by atoms with E-state index in [2.05, 4.69) is 10.6 Å². The molecular weight excluding hydrogens is 363 g/mol. The number of ether oxygens (including phenoxy) is 2. The van der Waals surface area contributed by atoms with Crippen molar-refractivity contribution in [2.75, 3.05) is 27.3 Å². The van der Waals surface area contributed by atoms with Crippen molar-refractivity contribution in [3.05, 3.63) is 59.4 Å². The van der Waals surface area contributed by atoms with Crippen molar-refractivity contribution in [2.45, 2.75) is 19.3 Å². The number of carbonyl (C=O) groups is 2. The van der Waals surface area contributed by atoms with Crippen LogP contribution in [0.3, 0.4) is 0 Å². The Hall–Kier alpha value is -3.09. The average molecular weight is 388 g/mol. The van der Waals surface area contributed by atoms with Crippen LogP contribution in [0.5, 0.6) is 11.5 Å². The van der Waals surface area contributed by atoms with E-state index in [1.807, 2.05) is 12.1 Å². The summed E-state index contributed by atoms with van der Waals surface area (Å²) in [7, 11) is 3.17. The van der Waals surface area contributed by atoms with Crippen molar-refractivity contribution in [1.82, 2.24) is 10.6 Å². The lowest BCUT2D eigenvalue weighted by Crippen LogP contribution is -2.37. The predicted molar refractivity (Wildman–Crippen MR) is 104 cm³/mol. The van der Waals surface area contributed by atoms with E-state index >= 15 is 0 Å². The third-order valence-electron chi connectivity index (χ3n) is 4.23. The highest BCUT2D eigenvalue weighted by Crippen LogP contribution is 2.24. The number of carbonyl (C=O) groups excluding carboxylic acids is 2. The molecule has 0 aliphatic heterocycles. The summed E-state index contributed by atoms with van der Waals surface area (Å²) in [4.78, 5) is 23.7. The van der Waals surface area contributed by atoms with E-state index in [0.717, 1.165) is 11.3 Å². The van der Waals surface area contributed by atoms with Gasteiger partial charge in [0.1, 0.15) is 17.3 Å². The lowest BCUT2D eigenvalue weighted by Gasteiger charge is -2.11. The Morgan fingerprint density at radius 2 is 1.71 bits per heavy atom. The first-order valence-corrected chi connectivity index (χ1v) is 9.01. The Bertz CT molecular complexity index is 811. The number of methoxy groups -OCH3 is 2. The summed E-state index contributed by atoms with van der Waals surface area (Å²) in [5, 5.41) is 5.29. The molecule has 0 aromatic heterocycles. The summed E-state index contributed by atoms with van der Waals surface area (Å²) >= 11 is 0. The van der Waals surface area contributed by atoms with E-state index in [4.69, 9.17) is 9.47 Å². The van der Waals surface area contributed by atoms with Crippen molar-refractivity contribution in [3.8, 4) is 11.5 Å². The van der Waals surface area contributed by atoms with Gasteiger partial charge in [-0.3, -0.25) is 9.59 Å². The molecule has 0 aliphatic carbocycles. The SMILES string of the molecule is COc1ccc(OC)c(CCNC(=O)CNC(=O)CCc2ccccc2F)c1. The van der Waals surface area contributed by atoms with Gasteiger partial charge in [0.25, 0.3) is 0 Å². The number of rotatable bonds is 10. The van der Waals surface area contributed by atoms with E-state index in [-0.39, 0.29) is 37.0 Å². The first-order valence-electron chi connectivity index (χ1n) is 9.01. The summed E-state index contributed by atoms with van der Waals surface area (Å²) in [5.41, 5.74) is 1.39. The van der Waals surface area contributed by atoms with Crippen molar-refractivity contribution in [1.29, 1.82) is 0 Å². The van der Waals surface area contributed by atoms with E-state index in [9.17, 15) is 14.0 Å². The first kappa shape index (κ1) is 21.2. The summed E-state index contributed by atoms with van der Waals surface area (Å²) in [6.45, 7) is 0.277. The number of halogens is 1. The van der Waals surface area contributed by atoms with Crippen LogP contribution in [-0.4, -0.2) is 39.1 Å². The van der Waals surface area contributed by atoms with Gasteiger partial charge in [-0.05, 0) is 48.2 Å². The molecule has 28 heavy (non-hydrogen) atoms. The van der Waals surface area contributed by atoms with Gasteiger partial charge in [0, 0.05) is 13.0 Å². The molecule has 0 aliphatic rings. The number of benzene rings is 2. The molecule has 0 radical (unpaired) electrons. The number of hydrogen-bond donors (Lipinski definition) is 2. The molecule has 7 heteroatoms. The number of amides is 2. The molecule has 0 spiro atoms. The van der Waals surface area contributed by atoms with Gasteiger partial charge in [-0.15, -0.1) is 0 Å². The lowest BCUT2D eigenvalue weighted by atomic mass is 10.1. The zero-order valence-corrected chi connectivity index (χ0v) is 16.1. The maximum Gasteiger partial charge on any atom is 0.239 e. The second-order valence-electron chi connectivity index (χ2n) is 6.15. The van der Waals surface area contributed by atoms with Crippen molar-refractivity contribution < 1.29 is 23.5 Å². The molecule has 0 unspecified atom stereocenters. The fourth-order valence-electron chi connectivity index (χ4n) is 2.69. The zero-order valence-electron chi connectivity index (χ0n) is 16.1. The molecule has 2 aromatic carbocycles. The Kier molecular flexibility index (Phi) is 8.27. The van der Waals surface area contributed by atoms with Crippen LogP contribution in [0.25, 0.3) is 0 Å². The van der Waals surface area contributed by atoms with Gasteiger partial charge in [0.05, 0.1) is 20.8 Å². The van der Waals surface area contributed by atoms with E-state index in [1.54, 1.807) is 38.5 Å². The molecule has 2 N–H and O–H groups in total. The highest BCUT2D eigenvalue weighted by Gasteiger charge is 2.09. The van der Waals surface area contributed by atoms with Crippen LogP contribution in [0.15, 0.2) is 42.5 Å². The highest BCUT2D eigenvalue weighted by atomic mass is 19.1. The summed E-state index contributed by atoms with van der Waals surface area (Å²) in [5.74, 6) is 0.510. The smallest absolute Gasteiger partial charge is 0.239 e. The molecule has 0 bridgehead atoms. The molecule has 2 aromatic rings. The largest absolute Gasteiger partial charge is 0.497 e. The van der Waals surface area contributed by atoms with Crippen LogP contribution in [0, 0.1) is 5.82 Å². The second kappa shape index (κ2) is 10.9. The normalized spacial score (nSPS) is 10.2. The monoisotopic (exact) mass is 388 g/mol. The molecule has 150 valence electrons. The minimum absolute atomic E-state index is 0.120. The van der Waals surface area contributed by atoms with E-state index in [0.29, 0.717) is 24.3 Å². The quantitative estimate of drug-likeness (QED) is 0.655. The molecule has 0 heterocycles. The zero-order chi connectivity index (χ0) is 20.4. The van der Waals surface area contributed by atoms with Crippen LogP contribution < -0.4 is 20.1 Å². The summed E-state index contributed by atoms with van der Waals surface area (Å²) < 4.78 is 24.0. The number of nitrogens with one attached hydrogen (secondary N) is 2. The van der Waals surface area contributed by atoms with Gasteiger partial charge in [-0.1, -0.05) is 18.2 Å². The molecular formula is C21H25FN2O4. The van der Waals surface area contributed by atoms with Crippen molar-refractivity contribution >= 4 is 11.8 Å². The summed E-state index contributed by atoms with van der Waals surface area (Å²) in [6.07, 6.45) is 0.971. The fraction of sp³-hybridized carbons (Fsp3) is 0.333. The topological polar surface area (TPSA) is 76.7 Å². The van der Waals surface area contributed by atoms with Crippen molar-refractivity contribution in [2.24, 2.45) is 0 Å². The average Bonchev–Trinajstić information content (AvgIpc) is 2.71. The Balaban J connectivity index is 1.70. The molecule has 0 saturated heterocycles. The Labute approximate surface area is 164 Å². The molecule has 2 amide bonds. The molecule has 0 fully saturated rings. The number of hydrogen-bond acceptors (Lipinski definition) is 4. The van der Waals surface area contributed by atoms with Crippen LogP contribution >= 0.6 is 0 Å². The Morgan fingerprint density at radius 3 is 2.43 bits per heavy atom. The van der Waals surface area contributed by atoms with Crippen LogP contribution in [0.1, 0.15) is 17.5 Å². The summed E-state index contributed by atoms with van der Waals surface area (Å²) in [6, 6.07) is 11.8. The van der Waals surface area contributed by atoms with Gasteiger partial charge in [0.2, 0.25) is 11.8 Å². The number of aryl methyl sites for hydroxylation is 1. The third-order valence-corrected chi connectivity index (χ3v) is 4.23. The van der Waals surface area contributed by atoms with Crippen LogP contribution in [0.4, 0.5) is 4.39 Å². The lowest BCUT2D eigenvalue weighted by molar-refractivity contribution is -0.126. The van der Waals surface area contributed by atoms with Gasteiger partial charge in [-0.25, -0.2) is 4.39 Å². The molecule has 0 saturated carbocycles. The maximum atomic E-state index is 13.5. The standard InChI is InChI=1S/C21H25FN2O4/c1-27-17-8-9-19(28-2)16(13-17)11-12-23-21(26)14-24-20(25)10-7-15-5-3-4-6-18(15)22/h3-6,8-9,13H,7,10-12,14H2,1-2H3,(H,23,26)(H,24,25). The molecule has 6 nitrogen and oxygen atoms in total. The first-order chi connectivity index (χ1) is 13.5. The Morgan fingerprint density at radius 1 is 0.929 bits per heavy atom. The van der Waals surface area contributed by atoms with Gasteiger partial charge in [-0.2, -0.15) is 0 Å². The third kappa shape index (κ3) is 6.57. The van der Waals surface area contributed by atoms with Gasteiger partial charge >= 0.3 is 0 Å². The van der Waals surface area contributed by atoms with Crippen molar-refractivity contribution in [3.63, 3.8) is 0 Å². The van der Waals surface area contributed by atoms with E-state index < -0.39 is 0 Å². The molecule has 2 rings (SSSR count). The highest BCUT2D eigenvalue weighted by molar-refractivity contribution is 5.84. The van der Waals surface area contributed by atoms with Gasteiger partial charge < -0.3 is 20.1 Å². The predicted octanol–water partition coefficient (Wildman–Crippen LogP) is 2.25.